The Morgan fingerprint density at radius 3 is 2.12 bits per heavy atom. The molecule has 1 nitrogen and oxygen atoms in total. The second-order valence-corrected chi connectivity index (χ2v) is 4.66. The predicted molar refractivity (Wildman–Crippen MR) is 72.1 cm³/mol. The minimum absolute atomic E-state index is 0.459. The molecule has 17 heavy (non-hydrogen) atoms. The average Bonchev–Trinajstić information content (AvgIpc) is 2.29. The van der Waals surface area contributed by atoms with Gasteiger partial charge in [-0.05, 0) is 41.4 Å². The number of halogens is 3. The van der Waals surface area contributed by atoms with E-state index in [1.165, 1.54) is 0 Å². The fourth-order valence-corrected chi connectivity index (χ4v) is 2.15. The second-order valence-electron chi connectivity index (χ2n) is 3.48. The van der Waals surface area contributed by atoms with Gasteiger partial charge in [-0.3, -0.25) is 4.79 Å². The molecule has 0 aliphatic carbocycles. The maximum atomic E-state index is 10.9. The van der Waals surface area contributed by atoms with Gasteiger partial charge in [-0.25, -0.2) is 0 Å². The highest BCUT2D eigenvalue weighted by atomic mass is 35.5. The Kier molecular flexibility index (Phi) is 3.72. The topological polar surface area (TPSA) is 17.1 Å². The standard InChI is InChI=1S/C13H7Cl3O/c14-10-5-6-11(12(15)7-10)8-1-3-9(4-2-8)13(16)17/h1-7H. The molecule has 2 aromatic carbocycles. The zero-order valence-corrected chi connectivity index (χ0v) is 10.9. The molecule has 86 valence electrons. The van der Waals surface area contributed by atoms with E-state index in [1.54, 1.807) is 36.4 Å². The molecule has 0 fully saturated rings. The molecule has 0 bridgehead atoms. The molecule has 2 rings (SSSR count). The molecule has 0 aliphatic heterocycles. The van der Waals surface area contributed by atoms with Crippen LogP contribution in [-0.4, -0.2) is 5.24 Å². The molecule has 2 aromatic rings. The van der Waals surface area contributed by atoms with Gasteiger partial charge < -0.3 is 0 Å². The van der Waals surface area contributed by atoms with Crippen LogP contribution < -0.4 is 0 Å². The van der Waals surface area contributed by atoms with E-state index in [9.17, 15) is 4.79 Å². The number of benzene rings is 2. The molecule has 0 radical (unpaired) electrons. The summed E-state index contributed by atoms with van der Waals surface area (Å²) in [5, 5.41) is 0.688. The number of hydrogen-bond acceptors (Lipinski definition) is 1. The van der Waals surface area contributed by atoms with Gasteiger partial charge in [-0.1, -0.05) is 41.4 Å². The molecule has 0 heterocycles. The first kappa shape index (κ1) is 12.4. The lowest BCUT2D eigenvalue weighted by molar-refractivity contribution is 0.108. The molecule has 0 saturated heterocycles. The lowest BCUT2D eigenvalue weighted by Gasteiger charge is -2.05. The Labute approximate surface area is 114 Å². The van der Waals surface area contributed by atoms with E-state index < -0.39 is 5.24 Å². The van der Waals surface area contributed by atoms with Gasteiger partial charge in [-0.15, -0.1) is 0 Å². The van der Waals surface area contributed by atoms with Crippen molar-refractivity contribution >= 4 is 40.0 Å². The quantitative estimate of drug-likeness (QED) is 0.707. The van der Waals surface area contributed by atoms with E-state index in [0.717, 1.165) is 11.1 Å². The Balaban J connectivity index is 2.43. The van der Waals surface area contributed by atoms with Crippen molar-refractivity contribution in [2.24, 2.45) is 0 Å². The summed E-state index contributed by atoms with van der Waals surface area (Å²) >= 11 is 17.3. The van der Waals surface area contributed by atoms with Crippen molar-refractivity contribution < 1.29 is 4.79 Å². The van der Waals surface area contributed by atoms with E-state index in [4.69, 9.17) is 34.8 Å². The van der Waals surface area contributed by atoms with Crippen LogP contribution in [0.5, 0.6) is 0 Å². The van der Waals surface area contributed by atoms with Gasteiger partial charge >= 0.3 is 0 Å². The van der Waals surface area contributed by atoms with Crippen molar-refractivity contribution in [1.29, 1.82) is 0 Å². The van der Waals surface area contributed by atoms with E-state index in [0.29, 0.717) is 15.6 Å². The predicted octanol–water partition coefficient (Wildman–Crippen LogP) is 5.04. The van der Waals surface area contributed by atoms with Crippen LogP contribution in [0.15, 0.2) is 42.5 Å². The molecule has 0 aromatic heterocycles. The first-order valence-electron chi connectivity index (χ1n) is 4.83. The van der Waals surface area contributed by atoms with Crippen LogP contribution in [0.1, 0.15) is 10.4 Å². The molecule has 0 N–H and O–H groups in total. The molecule has 0 atom stereocenters. The summed E-state index contributed by atoms with van der Waals surface area (Å²) in [5.74, 6) is 0. The Morgan fingerprint density at radius 2 is 1.59 bits per heavy atom. The first-order chi connectivity index (χ1) is 8.08. The Hall–Kier alpha value is -1.02. The highest BCUT2D eigenvalue weighted by molar-refractivity contribution is 6.67. The molecule has 0 amide bonds. The number of rotatable bonds is 2. The zero-order chi connectivity index (χ0) is 12.4. The van der Waals surface area contributed by atoms with Crippen LogP contribution in [0, 0.1) is 0 Å². The Bertz CT molecular complexity index is 561. The number of carbonyl (C=O) groups is 1. The van der Waals surface area contributed by atoms with Crippen molar-refractivity contribution in [3.8, 4) is 11.1 Å². The van der Waals surface area contributed by atoms with Crippen molar-refractivity contribution in [2.75, 3.05) is 0 Å². The highest BCUT2D eigenvalue weighted by Crippen LogP contribution is 2.30. The summed E-state index contributed by atoms with van der Waals surface area (Å²) in [6, 6.07) is 12.2. The van der Waals surface area contributed by atoms with Crippen molar-refractivity contribution in [3.05, 3.63) is 58.1 Å². The SMILES string of the molecule is O=C(Cl)c1ccc(-c2ccc(Cl)cc2Cl)cc1. The molecule has 4 heteroatoms. The minimum Gasteiger partial charge on any atom is -0.276 e. The van der Waals surface area contributed by atoms with Gasteiger partial charge in [0.15, 0.2) is 0 Å². The maximum Gasteiger partial charge on any atom is 0.252 e. The van der Waals surface area contributed by atoms with Crippen LogP contribution >= 0.6 is 34.8 Å². The van der Waals surface area contributed by atoms with Crippen LogP contribution in [-0.2, 0) is 0 Å². The summed E-state index contributed by atoms with van der Waals surface area (Å²) in [5.41, 5.74) is 2.23. The van der Waals surface area contributed by atoms with Crippen LogP contribution in [0.3, 0.4) is 0 Å². The molecule has 0 spiro atoms. The van der Waals surface area contributed by atoms with Crippen LogP contribution in [0.25, 0.3) is 11.1 Å². The van der Waals surface area contributed by atoms with Crippen molar-refractivity contribution in [1.82, 2.24) is 0 Å². The largest absolute Gasteiger partial charge is 0.276 e. The highest BCUT2D eigenvalue weighted by Gasteiger charge is 2.06. The fourth-order valence-electron chi connectivity index (χ4n) is 1.50. The molecular formula is C13H7Cl3O. The summed E-state index contributed by atoms with van der Waals surface area (Å²) in [4.78, 5) is 10.9. The molecular weight excluding hydrogens is 279 g/mol. The maximum absolute atomic E-state index is 10.9. The summed E-state index contributed by atoms with van der Waals surface area (Å²) in [6.45, 7) is 0. The number of carbonyl (C=O) groups excluding carboxylic acids is 1. The van der Waals surface area contributed by atoms with Crippen molar-refractivity contribution in [3.63, 3.8) is 0 Å². The smallest absolute Gasteiger partial charge is 0.252 e. The zero-order valence-electron chi connectivity index (χ0n) is 8.58. The monoisotopic (exact) mass is 284 g/mol. The first-order valence-corrected chi connectivity index (χ1v) is 5.96. The van der Waals surface area contributed by atoms with Gasteiger partial charge in [0.05, 0.1) is 0 Å². The molecule has 0 saturated carbocycles. The normalized spacial score (nSPS) is 10.3. The van der Waals surface area contributed by atoms with Gasteiger partial charge in [0, 0.05) is 21.2 Å². The summed E-state index contributed by atoms with van der Waals surface area (Å²) in [6.07, 6.45) is 0. The van der Waals surface area contributed by atoms with Gasteiger partial charge in [0.25, 0.3) is 5.24 Å². The lowest BCUT2D eigenvalue weighted by Crippen LogP contribution is -1.88. The Morgan fingerprint density at radius 1 is 0.941 bits per heavy atom. The third-order valence-electron chi connectivity index (χ3n) is 2.35. The van der Waals surface area contributed by atoms with E-state index in [1.807, 2.05) is 6.07 Å². The summed E-state index contributed by atoms with van der Waals surface area (Å²) < 4.78 is 0. The van der Waals surface area contributed by atoms with Gasteiger partial charge in [0.1, 0.15) is 0 Å². The second kappa shape index (κ2) is 5.09. The summed E-state index contributed by atoms with van der Waals surface area (Å²) in [7, 11) is 0. The van der Waals surface area contributed by atoms with Gasteiger partial charge in [-0.2, -0.15) is 0 Å². The van der Waals surface area contributed by atoms with E-state index in [2.05, 4.69) is 0 Å². The average molecular weight is 286 g/mol. The number of hydrogen-bond donors (Lipinski definition) is 0. The van der Waals surface area contributed by atoms with E-state index in [-0.39, 0.29) is 0 Å². The van der Waals surface area contributed by atoms with Gasteiger partial charge in [0.2, 0.25) is 0 Å². The molecule has 0 unspecified atom stereocenters. The third-order valence-corrected chi connectivity index (χ3v) is 3.12. The minimum atomic E-state index is -0.473. The fraction of sp³-hybridized carbons (Fsp3) is 0. The van der Waals surface area contributed by atoms with Crippen LogP contribution in [0.4, 0.5) is 0 Å². The van der Waals surface area contributed by atoms with E-state index >= 15 is 0 Å². The molecule has 0 aliphatic rings. The van der Waals surface area contributed by atoms with Crippen molar-refractivity contribution in [2.45, 2.75) is 0 Å². The lowest BCUT2D eigenvalue weighted by atomic mass is 10.0. The third kappa shape index (κ3) is 2.81. The van der Waals surface area contributed by atoms with Crippen LogP contribution in [0.2, 0.25) is 10.0 Å².